The van der Waals surface area contributed by atoms with E-state index in [1.807, 2.05) is 0 Å². The van der Waals surface area contributed by atoms with Gasteiger partial charge in [-0.15, -0.1) is 0 Å². The van der Waals surface area contributed by atoms with E-state index in [4.69, 9.17) is 4.74 Å². The second-order valence-electron chi connectivity index (χ2n) is 4.82. The molecule has 2 aromatic carbocycles. The highest BCUT2D eigenvalue weighted by Crippen LogP contribution is 2.23. The lowest BCUT2D eigenvalue weighted by Gasteiger charge is -2.17. The Morgan fingerprint density at radius 3 is 2.30 bits per heavy atom. The van der Waals surface area contributed by atoms with Gasteiger partial charge in [0.15, 0.2) is 0 Å². The van der Waals surface area contributed by atoms with E-state index >= 15 is 0 Å². The van der Waals surface area contributed by atoms with Crippen molar-refractivity contribution in [3.63, 3.8) is 0 Å². The Morgan fingerprint density at radius 1 is 1.13 bits per heavy atom. The number of methoxy groups -OCH3 is 1. The van der Waals surface area contributed by atoms with E-state index in [0.717, 1.165) is 4.31 Å². The lowest BCUT2D eigenvalue weighted by molar-refractivity contribution is -0.385. The third-order valence-electron chi connectivity index (χ3n) is 3.35. The fourth-order valence-electron chi connectivity index (χ4n) is 2.08. The van der Waals surface area contributed by atoms with Gasteiger partial charge in [0.1, 0.15) is 5.75 Å². The highest BCUT2D eigenvalue weighted by molar-refractivity contribution is 7.89. The number of nitrogens with zero attached hydrogens (tertiary/aromatic N) is 2. The number of para-hydroxylation sites is 1. The topological polar surface area (TPSA) is 89.8 Å². The van der Waals surface area contributed by atoms with Gasteiger partial charge in [0.2, 0.25) is 10.0 Å². The van der Waals surface area contributed by atoms with Gasteiger partial charge in [0.25, 0.3) is 5.69 Å². The molecule has 0 N–H and O–H groups in total. The molecule has 23 heavy (non-hydrogen) atoms. The second kappa shape index (κ2) is 6.76. The molecule has 7 nitrogen and oxygen atoms in total. The molecule has 0 spiro atoms. The first-order chi connectivity index (χ1) is 10.9. The van der Waals surface area contributed by atoms with Crippen molar-refractivity contribution in [2.24, 2.45) is 0 Å². The molecular formula is C15H16N2O5S. The molecule has 0 bridgehead atoms. The number of hydrogen-bond acceptors (Lipinski definition) is 5. The minimum atomic E-state index is -3.75. The zero-order chi connectivity index (χ0) is 17.0. The maximum Gasteiger partial charge on any atom is 0.273 e. The predicted molar refractivity (Wildman–Crippen MR) is 84.7 cm³/mol. The van der Waals surface area contributed by atoms with Gasteiger partial charge < -0.3 is 4.74 Å². The molecule has 0 aromatic heterocycles. The van der Waals surface area contributed by atoms with Gasteiger partial charge in [-0.1, -0.05) is 18.2 Å². The maximum atomic E-state index is 12.5. The normalized spacial score (nSPS) is 11.4. The highest BCUT2D eigenvalue weighted by atomic mass is 32.2. The van der Waals surface area contributed by atoms with Gasteiger partial charge in [-0.25, -0.2) is 8.42 Å². The number of nitro benzene ring substituents is 1. The van der Waals surface area contributed by atoms with Crippen molar-refractivity contribution < 1.29 is 18.1 Å². The number of benzene rings is 2. The Kier molecular flexibility index (Phi) is 4.97. The maximum absolute atomic E-state index is 12.5. The first kappa shape index (κ1) is 16.9. The van der Waals surface area contributed by atoms with E-state index in [0.29, 0.717) is 11.3 Å². The van der Waals surface area contributed by atoms with Crippen LogP contribution in [0.2, 0.25) is 0 Å². The summed E-state index contributed by atoms with van der Waals surface area (Å²) >= 11 is 0. The van der Waals surface area contributed by atoms with Crippen molar-refractivity contribution in [2.45, 2.75) is 11.4 Å². The SMILES string of the molecule is COc1ccc(S(=O)(=O)N(C)Cc2ccccc2[N+](=O)[O-])cc1. The van der Waals surface area contributed by atoms with E-state index in [1.54, 1.807) is 24.3 Å². The predicted octanol–water partition coefficient (Wildman–Crippen LogP) is 2.42. The van der Waals surface area contributed by atoms with Crippen LogP contribution in [0.3, 0.4) is 0 Å². The molecule has 0 aliphatic heterocycles. The van der Waals surface area contributed by atoms with Crippen LogP contribution >= 0.6 is 0 Å². The second-order valence-corrected chi connectivity index (χ2v) is 6.87. The van der Waals surface area contributed by atoms with Gasteiger partial charge in [-0.3, -0.25) is 10.1 Å². The number of sulfonamides is 1. The number of rotatable bonds is 6. The molecule has 0 fully saturated rings. The summed E-state index contributed by atoms with van der Waals surface area (Å²) in [5.74, 6) is 0.547. The molecule has 0 saturated heterocycles. The van der Waals surface area contributed by atoms with E-state index in [2.05, 4.69) is 0 Å². The van der Waals surface area contributed by atoms with Gasteiger partial charge in [-0.05, 0) is 24.3 Å². The Balaban J connectivity index is 2.28. The van der Waals surface area contributed by atoms with Crippen molar-refractivity contribution in [3.05, 3.63) is 64.2 Å². The van der Waals surface area contributed by atoms with Crippen molar-refractivity contribution >= 4 is 15.7 Å². The molecule has 0 unspecified atom stereocenters. The molecule has 0 aliphatic rings. The molecule has 0 atom stereocenters. The molecule has 0 aliphatic carbocycles. The van der Waals surface area contributed by atoms with Crippen molar-refractivity contribution in [3.8, 4) is 5.75 Å². The van der Waals surface area contributed by atoms with Crippen molar-refractivity contribution in [1.82, 2.24) is 4.31 Å². The van der Waals surface area contributed by atoms with Crippen LogP contribution in [0, 0.1) is 10.1 Å². The van der Waals surface area contributed by atoms with Crippen LogP contribution in [0.4, 0.5) is 5.69 Å². The summed E-state index contributed by atoms with van der Waals surface area (Å²) in [5.41, 5.74) is 0.223. The zero-order valence-corrected chi connectivity index (χ0v) is 13.5. The van der Waals surface area contributed by atoms with Crippen LogP contribution in [0.1, 0.15) is 5.56 Å². The highest BCUT2D eigenvalue weighted by Gasteiger charge is 2.23. The van der Waals surface area contributed by atoms with Crippen LogP contribution in [-0.2, 0) is 16.6 Å². The van der Waals surface area contributed by atoms with Crippen LogP contribution in [0.25, 0.3) is 0 Å². The Bertz CT molecular complexity index is 803. The van der Waals surface area contributed by atoms with Crippen molar-refractivity contribution in [2.75, 3.05) is 14.2 Å². The molecule has 0 radical (unpaired) electrons. The minimum Gasteiger partial charge on any atom is -0.497 e. The summed E-state index contributed by atoms with van der Waals surface area (Å²) in [6.07, 6.45) is 0. The first-order valence-electron chi connectivity index (χ1n) is 6.69. The molecule has 122 valence electrons. The molecule has 0 heterocycles. The zero-order valence-electron chi connectivity index (χ0n) is 12.7. The Labute approximate surface area is 134 Å². The summed E-state index contributed by atoms with van der Waals surface area (Å²) in [4.78, 5) is 10.6. The van der Waals surface area contributed by atoms with Gasteiger partial charge in [0.05, 0.1) is 16.9 Å². The fraction of sp³-hybridized carbons (Fsp3) is 0.200. The third kappa shape index (κ3) is 3.66. The third-order valence-corrected chi connectivity index (χ3v) is 5.17. The monoisotopic (exact) mass is 336 g/mol. The Hall–Kier alpha value is -2.45. The van der Waals surface area contributed by atoms with Crippen molar-refractivity contribution in [1.29, 1.82) is 0 Å². The molecule has 2 rings (SSSR count). The van der Waals surface area contributed by atoms with E-state index in [-0.39, 0.29) is 17.1 Å². The standard InChI is InChI=1S/C15H16N2O5S/c1-16(11-12-5-3-4-6-15(12)17(18)19)23(20,21)14-9-7-13(22-2)8-10-14/h3-10H,11H2,1-2H3. The molecule has 8 heteroatoms. The summed E-state index contributed by atoms with van der Waals surface area (Å²) in [5, 5.41) is 11.0. The van der Waals surface area contributed by atoms with E-state index in [1.165, 1.54) is 38.4 Å². The molecular weight excluding hydrogens is 320 g/mol. The lowest BCUT2D eigenvalue weighted by Crippen LogP contribution is -2.26. The van der Waals surface area contributed by atoms with Gasteiger partial charge in [0, 0.05) is 25.2 Å². The molecule has 0 amide bonds. The van der Waals surface area contributed by atoms with E-state index in [9.17, 15) is 18.5 Å². The smallest absolute Gasteiger partial charge is 0.273 e. The summed E-state index contributed by atoms with van der Waals surface area (Å²) in [6, 6.07) is 12.0. The van der Waals surface area contributed by atoms with Gasteiger partial charge in [-0.2, -0.15) is 4.31 Å². The van der Waals surface area contributed by atoms with E-state index < -0.39 is 14.9 Å². The van der Waals surface area contributed by atoms with Gasteiger partial charge >= 0.3 is 0 Å². The quantitative estimate of drug-likeness (QED) is 0.597. The van der Waals surface area contributed by atoms with Crippen LogP contribution in [0.5, 0.6) is 5.75 Å². The summed E-state index contributed by atoms with van der Waals surface area (Å²) in [7, 11) is -0.874. The largest absolute Gasteiger partial charge is 0.497 e. The summed E-state index contributed by atoms with van der Waals surface area (Å²) in [6.45, 7) is -0.0918. The Morgan fingerprint density at radius 2 is 1.74 bits per heavy atom. The molecule has 0 saturated carbocycles. The molecule has 2 aromatic rings. The number of ether oxygens (including phenoxy) is 1. The fourth-order valence-corrected chi connectivity index (χ4v) is 3.22. The van der Waals surface area contributed by atoms with Crippen LogP contribution < -0.4 is 4.74 Å². The number of nitro groups is 1. The van der Waals surface area contributed by atoms with Crippen LogP contribution in [0.15, 0.2) is 53.4 Å². The average molecular weight is 336 g/mol. The minimum absolute atomic E-state index is 0.0918. The lowest BCUT2D eigenvalue weighted by atomic mass is 10.2. The summed E-state index contributed by atoms with van der Waals surface area (Å²) < 4.78 is 31.1. The van der Waals surface area contributed by atoms with Crippen LogP contribution in [-0.4, -0.2) is 31.8 Å². The average Bonchev–Trinajstić information content (AvgIpc) is 2.55. The number of hydrogen-bond donors (Lipinski definition) is 0. The first-order valence-corrected chi connectivity index (χ1v) is 8.13.